The third kappa shape index (κ3) is 3.90. The molecule has 3 rings (SSSR count). The van der Waals surface area contributed by atoms with E-state index in [1.54, 1.807) is 30.3 Å². The molecule has 0 bridgehead atoms. The molecule has 1 saturated heterocycles. The number of likely N-dealkylation sites (N-methyl/N-ethyl adjacent to an activating group) is 1. The Balaban J connectivity index is 1.73. The first-order valence-corrected chi connectivity index (χ1v) is 8.85. The molecule has 0 amide bonds. The first-order chi connectivity index (χ1) is 11.0. The lowest BCUT2D eigenvalue weighted by atomic mass is 10.1. The molecule has 1 heterocycles. The van der Waals surface area contributed by atoms with Gasteiger partial charge in [-0.2, -0.15) is 8.42 Å². The molecule has 2 aromatic carbocycles. The molecule has 23 heavy (non-hydrogen) atoms. The van der Waals surface area contributed by atoms with Gasteiger partial charge in [-0.15, -0.1) is 0 Å². The minimum atomic E-state index is -3.80. The summed E-state index contributed by atoms with van der Waals surface area (Å²) >= 11 is 0. The first-order valence-electron chi connectivity index (χ1n) is 7.44. The summed E-state index contributed by atoms with van der Waals surface area (Å²) in [4.78, 5) is 2.35. The van der Waals surface area contributed by atoms with E-state index in [-0.39, 0.29) is 11.0 Å². The Labute approximate surface area is 136 Å². The minimum Gasteiger partial charge on any atom is -0.379 e. The van der Waals surface area contributed by atoms with Crippen LogP contribution in [0.1, 0.15) is 11.7 Å². The summed E-state index contributed by atoms with van der Waals surface area (Å²) in [6.45, 7) is 2.44. The van der Waals surface area contributed by atoms with E-state index >= 15 is 0 Å². The lowest BCUT2D eigenvalue weighted by Crippen LogP contribution is -2.35. The van der Waals surface area contributed by atoms with Crippen LogP contribution in [0.4, 0.5) is 0 Å². The van der Waals surface area contributed by atoms with Crippen LogP contribution in [0.2, 0.25) is 0 Å². The van der Waals surface area contributed by atoms with Gasteiger partial charge in [0.15, 0.2) is 0 Å². The Morgan fingerprint density at radius 2 is 1.78 bits per heavy atom. The highest BCUT2D eigenvalue weighted by molar-refractivity contribution is 7.87. The monoisotopic (exact) mass is 333 g/mol. The molecule has 122 valence electrons. The van der Waals surface area contributed by atoms with Gasteiger partial charge in [0.05, 0.1) is 12.7 Å². The summed E-state index contributed by atoms with van der Waals surface area (Å²) < 4.78 is 35.3. The van der Waals surface area contributed by atoms with E-state index in [1.165, 1.54) is 12.1 Å². The van der Waals surface area contributed by atoms with Gasteiger partial charge in [0.1, 0.15) is 10.6 Å². The molecule has 5 nitrogen and oxygen atoms in total. The normalized spacial score (nSPS) is 19.4. The zero-order chi connectivity index (χ0) is 16.3. The average Bonchev–Trinajstić information content (AvgIpc) is 2.56. The summed E-state index contributed by atoms with van der Waals surface area (Å²) in [5, 5.41) is 0. The lowest BCUT2D eigenvalue weighted by Gasteiger charge is -2.30. The van der Waals surface area contributed by atoms with E-state index in [9.17, 15) is 8.42 Å². The van der Waals surface area contributed by atoms with Crippen LogP contribution < -0.4 is 4.18 Å². The molecule has 0 saturated carbocycles. The fraction of sp³-hybridized carbons (Fsp3) is 0.294. The highest BCUT2D eigenvalue weighted by Gasteiger charge is 2.20. The molecule has 0 aromatic heterocycles. The van der Waals surface area contributed by atoms with Gasteiger partial charge in [0.2, 0.25) is 0 Å². The van der Waals surface area contributed by atoms with Crippen molar-refractivity contribution in [3.05, 3.63) is 60.2 Å². The van der Waals surface area contributed by atoms with Crippen molar-refractivity contribution in [2.24, 2.45) is 0 Å². The maximum absolute atomic E-state index is 12.2. The van der Waals surface area contributed by atoms with Gasteiger partial charge < -0.3 is 13.8 Å². The van der Waals surface area contributed by atoms with Crippen LogP contribution in [0.5, 0.6) is 5.75 Å². The number of rotatable bonds is 4. The molecule has 0 N–H and O–H groups in total. The fourth-order valence-corrected chi connectivity index (χ4v) is 3.43. The second-order valence-corrected chi connectivity index (χ2v) is 7.09. The molecule has 0 spiro atoms. The second-order valence-electron chi connectivity index (χ2n) is 5.54. The third-order valence-corrected chi connectivity index (χ3v) is 5.02. The number of ether oxygens (including phenoxy) is 1. The van der Waals surface area contributed by atoms with E-state index in [0.29, 0.717) is 12.4 Å². The van der Waals surface area contributed by atoms with E-state index < -0.39 is 10.1 Å². The van der Waals surface area contributed by atoms with Gasteiger partial charge in [-0.05, 0) is 36.9 Å². The van der Waals surface area contributed by atoms with Crippen molar-refractivity contribution in [1.82, 2.24) is 4.90 Å². The summed E-state index contributed by atoms with van der Waals surface area (Å²) in [5.74, 6) is 0.293. The standard InChI is InChI=1S/C17H19NO4S/c1-18-11-12-21-17(13-18)14-7-9-15(10-8-14)22-23(19,20)16-5-3-2-4-6-16/h2-10,17H,11-13H2,1H3. The zero-order valence-corrected chi connectivity index (χ0v) is 13.7. The van der Waals surface area contributed by atoms with Crippen LogP contribution >= 0.6 is 0 Å². The van der Waals surface area contributed by atoms with Crippen molar-refractivity contribution in [1.29, 1.82) is 0 Å². The van der Waals surface area contributed by atoms with Crippen LogP contribution in [0, 0.1) is 0 Å². The third-order valence-electron chi connectivity index (χ3n) is 3.76. The Morgan fingerprint density at radius 1 is 1.09 bits per heavy atom. The van der Waals surface area contributed by atoms with Crippen molar-refractivity contribution in [3.8, 4) is 5.75 Å². The van der Waals surface area contributed by atoms with Gasteiger partial charge in [-0.25, -0.2) is 0 Å². The predicted octanol–water partition coefficient (Wildman–Crippen LogP) is 2.46. The van der Waals surface area contributed by atoms with Gasteiger partial charge in [-0.3, -0.25) is 0 Å². The van der Waals surface area contributed by atoms with Gasteiger partial charge in [0, 0.05) is 13.1 Å². The number of benzene rings is 2. The smallest absolute Gasteiger partial charge is 0.339 e. The van der Waals surface area contributed by atoms with Crippen LogP contribution in [0.15, 0.2) is 59.5 Å². The molecule has 0 aliphatic carbocycles. The largest absolute Gasteiger partial charge is 0.379 e. The van der Waals surface area contributed by atoms with Crippen molar-refractivity contribution < 1.29 is 17.3 Å². The average molecular weight is 333 g/mol. The second kappa shape index (κ2) is 6.70. The topological polar surface area (TPSA) is 55.8 Å². The maximum Gasteiger partial charge on any atom is 0.339 e. The van der Waals surface area contributed by atoms with Gasteiger partial charge in [0.25, 0.3) is 0 Å². The molecule has 1 aliphatic heterocycles. The quantitative estimate of drug-likeness (QED) is 0.805. The number of hydrogen-bond acceptors (Lipinski definition) is 5. The highest BCUT2D eigenvalue weighted by atomic mass is 32.2. The van der Waals surface area contributed by atoms with Crippen LogP contribution in [-0.4, -0.2) is 40.1 Å². The van der Waals surface area contributed by atoms with Gasteiger partial charge >= 0.3 is 10.1 Å². The molecule has 1 unspecified atom stereocenters. The summed E-state index contributed by atoms with van der Waals surface area (Å²) in [7, 11) is -1.74. The van der Waals surface area contributed by atoms with E-state index in [2.05, 4.69) is 11.9 Å². The molecule has 1 fully saturated rings. The lowest BCUT2D eigenvalue weighted by molar-refractivity contribution is -0.0209. The van der Waals surface area contributed by atoms with Crippen LogP contribution in [-0.2, 0) is 14.9 Å². The van der Waals surface area contributed by atoms with Crippen molar-refractivity contribution >= 4 is 10.1 Å². The highest BCUT2D eigenvalue weighted by Crippen LogP contribution is 2.25. The Morgan fingerprint density at radius 3 is 2.43 bits per heavy atom. The van der Waals surface area contributed by atoms with Gasteiger partial charge in [-0.1, -0.05) is 30.3 Å². The number of nitrogens with zero attached hydrogens (tertiary/aromatic N) is 1. The fourth-order valence-electron chi connectivity index (χ4n) is 2.48. The van der Waals surface area contributed by atoms with Crippen molar-refractivity contribution in [2.45, 2.75) is 11.0 Å². The van der Waals surface area contributed by atoms with E-state index in [1.807, 2.05) is 12.1 Å². The molecular formula is C17H19NO4S. The SMILES string of the molecule is CN1CCOC(c2ccc(OS(=O)(=O)c3ccccc3)cc2)C1. The molecule has 2 aromatic rings. The summed E-state index contributed by atoms with van der Waals surface area (Å²) in [6, 6.07) is 15.1. The first kappa shape index (κ1) is 16.0. The molecule has 1 atom stereocenters. The van der Waals surface area contributed by atoms with Crippen molar-refractivity contribution in [3.63, 3.8) is 0 Å². The Hall–Kier alpha value is -1.89. The van der Waals surface area contributed by atoms with E-state index in [0.717, 1.165) is 18.7 Å². The van der Waals surface area contributed by atoms with Crippen LogP contribution in [0.25, 0.3) is 0 Å². The summed E-state index contributed by atoms with van der Waals surface area (Å²) in [6.07, 6.45) is 0.00790. The molecule has 1 aliphatic rings. The molecule has 0 radical (unpaired) electrons. The Bertz CT molecular complexity index is 744. The predicted molar refractivity (Wildman–Crippen MR) is 86.9 cm³/mol. The molecule has 6 heteroatoms. The number of hydrogen-bond donors (Lipinski definition) is 0. The van der Waals surface area contributed by atoms with Crippen LogP contribution in [0.3, 0.4) is 0 Å². The number of morpholine rings is 1. The minimum absolute atomic E-state index is 0.00790. The molecular weight excluding hydrogens is 314 g/mol. The zero-order valence-electron chi connectivity index (χ0n) is 12.9. The summed E-state index contributed by atoms with van der Waals surface area (Å²) in [5.41, 5.74) is 1.01. The van der Waals surface area contributed by atoms with E-state index in [4.69, 9.17) is 8.92 Å². The van der Waals surface area contributed by atoms with Crippen molar-refractivity contribution in [2.75, 3.05) is 26.7 Å². The Kier molecular flexibility index (Phi) is 4.66. The maximum atomic E-state index is 12.2.